The third-order valence-corrected chi connectivity index (χ3v) is 36.0. The Bertz CT molecular complexity index is 1280. The third-order valence-electron chi connectivity index (χ3n) is 8.19. The molecule has 0 radical (unpaired) electrons. The standard InChI is InChI=1S/C13H9.2C6H5.C5H5.CH3.Hf/c1-3-7-12-10(5-1)9-11-6-2-4-8-13(11)12;2*1-2-4-6-5-3-1;1-2-4-5-3-1;;/h1-9H;2*1-5H;1-3H,4H2;1H3;. The number of hydrogen-bond acceptors (Lipinski definition) is 0. The maximum absolute atomic E-state index is 4.36. The van der Waals surface area contributed by atoms with E-state index in [0.29, 0.717) is 3.67 Å². The molecule has 4 aromatic rings. The van der Waals surface area contributed by atoms with Crippen LogP contribution in [0.25, 0.3) is 11.1 Å². The molecule has 1 heteroatoms. The van der Waals surface area contributed by atoms with Crippen LogP contribution in [0.3, 0.4) is 0 Å². The Morgan fingerprint density at radius 3 is 1.53 bits per heavy atom. The number of hydrogen-bond donors (Lipinski definition) is 0. The normalized spacial score (nSPS) is 16.2. The average molecular weight is 578 g/mol. The molecule has 32 heavy (non-hydrogen) atoms. The van der Waals surface area contributed by atoms with Gasteiger partial charge in [-0.2, -0.15) is 0 Å². The van der Waals surface area contributed by atoms with Crippen LogP contribution in [0.5, 0.6) is 0 Å². The van der Waals surface area contributed by atoms with Crippen LogP contribution >= 0.6 is 0 Å². The number of rotatable bonds is 4. The second-order valence-electron chi connectivity index (χ2n) is 9.51. The van der Waals surface area contributed by atoms with Gasteiger partial charge in [-0.1, -0.05) is 0 Å². The third kappa shape index (κ3) is 2.52. The van der Waals surface area contributed by atoms with Gasteiger partial charge in [-0.15, -0.1) is 0 Å². The molecule has 0 unspecified atom stereocenters. The van der Waals surface area contributed by atoms with Gasteiger partial charge in [0.15, 0.2) is 0 Å². The molecule has 155 valence electrons. The fourth-order valence-corrected chi connectivity index (χ4v) is 33.4. The summed E-state index contributed by atoms with van der Waals surface area (Å²) in [6.45, 7) is 0. The van der Waals surface area contributed by atoms with Gasteiger partial charge in [-0.05, 0) is 0 Å². The van der Waals surface area contributed by atoms with Crippen molar-refractivity contribution in [3.05, 3.63) is 142 Å². The molecule has 0 nitrogen and oxygen atoms in total. The zero-order chi connectivity index (χ0) is 21.6. The fraction of sp³-hybridized carbons (Fsp3) is 0.0968. The monoisotopic (exact) mass is 579 g/mol. The molecule has 0 spiro atoms. The van der Waals surface area contributed by atoms with Gasteiger partial charge in [0.1, 0.15) is 0 Å². The van der Waals surface area contributed by atoms with E-state index < -0.39 is 18.5 Å². The molecule has 0 saturated heterocycles. The van der Waals surface area contributed by atoms with E-state index in [0.717, 1.165) is 6.42 Å². The molecular weight excluding hydrogens is 551 g/mol. The van der Waals surface area contributed by atoms with Crippen LogP contribution in [-0.2, 0) is 18.5 Å². The first-order valence-electron chi connectivity index (χ1n) is 11.6. The van der Waals surface area contributed by atoms with Crippen molar-refractivity contribution in [3.63, 3.8) is 0 Å². The first kappa shape index (κ1) is 19.9. The second-order valence-corrected chi connectivity index (χ2v) is 31.3. The quantitative estimate of drug-likeness (QED) is 0.229. The summed E-state index contributed by atoms with van der Waals surface area (Å²) < 4.78 is 7.88. The topological polar surface area (TPSA) is 0 Å². The Hall–Kier alpha value is -2.77. The molecule has 0 aromatic heterocycles. The van der Waals surface area contributed by atoms with E-state index in [1.165, 1.54) is 22.3 Å². The van der Waals surface area contributed by atoms with E-state index in [9.17, 15) is 0 Å². The zero-order valence-electron chi connectivity index (χ0n) is 18.4. The molecule has 0 heterocycles. The predicted molar refractivity (Wildman–Crippen MR) is 134 cm³/mol. The van der Waals surface area contributed by atoms with Crippen molar-refractivity contribution < 1.29 is 18.5 Å². The van der Waals surface area contributed by atoms with Crippen LogP contribution in [0.15, 0.2) is 131 Å². The summed E-state index contributed by atoms with van der Waals surface area (Å²) in [6.07, 6.45) is 8.15. The summed E-state index contributed by atoms with van der Waals surface area (Å²) in [5, 5.41) is 0. The van der Waals surface area contributed by atoms with Crippen molar-refractivity contribution in [1.82, 2.24) is 0 Å². The first-order chi connectivity index (χ1) is 15.7. The molecule has 0 amide bonds. The van der Waals surface area contributed by atoms with Crippen molar-refractivity contribution in [2.45, 2.75) is 14.8 Å². The van der Waals surface area contributed by atoms with E-state index in [4.69, 9.17) is 0 Å². The van der Waals surface area contributed by atoms with Gasteiger partial charge in [0, 0.05) is 0 Å². The van der Waals surface area contributed by atoms with E-state index in [-0.39, 0.29) is 0 Å². The molecule has 0 fully saturated rings. The van der Waals surface area contributed by atoms with Crippen LogP contribution in [0.4, 0.5) is 0 Å². The number of fused-ring (bicyclic) bond motifs is 3. The van der Waals surface area contributed by atoms with E-state index >= 15 is 0 Å². The van der Waals surface area contributed by atoms with Crippen molar-refractivity contribution >= 4 is 6.64 Å². The Labute approximate surface area is 192 Å². The SMILES string of the molecule is [CH3][Hf]([C]1=CC=CC1)([c]1ccccc1)([c]1ccccc1)[CH]1c2ccccc2-c2ccccc21. The van der Waals surface area contributed by atoms with Gasteiger partial charge in [-0.25, -0.2) is 0 Å². The first-order valence-corrected chi connectivity index (χ1v) is 22.6. The van der Waals surface area contributed by atoms with Gasteiger partial charge in [-0.3, -0.25) is 0 Å². The zero-order valence-corrected chi connectivity index (χ0v) is 22.0. The molecule has 0 bridgehead atoms. The summed E-state index contributed by atoms with van der Waals surface area (Å²) >= 11 is -4.36. The Kier molecular flexibility index (Phi) is 4.59. The summed E-state index contributed by atoms with van der Waals surface area (Å²) in [7, 11) is 0. The fourth-order valence-electron chi connectivity index (χ4n) is 6.65. The van der Waals surface area contributed by atoms with Crippen LogP contribution in [0.2, 0.25) is 4.68 Å². The maximum atomic E-state index is 2.71. The summed E-state index contributed by atoms with van der Waals surface area (Å²) in [6, 6.07) is 41.3. The molecule has 0 N–H and O–H groups in total. The van der Waals surface area contributed by atoms with Gasteiger partial charge in [0.05, 0.1) is 0 Å². The van der Waals surface area contributed by atoms with Crippen molar-refractivity contribution in [3.8, 4) is 11.1 Å². The van der Waals surface area contributed by atoms with Gasteiger partial charge in [0.2, 0.25) is 0 Å². The Balaban J connectivity index is 1.82. The minimum atomic E-state index is -4.36. The molecule has 0 saturated carbocycles. The summed E-state index contributed by atoms with van der Waals surface area (Å²) in [5.74, 6) is 0. The Morgan fingerprint density at radius 1 is 0.594 bits per heavy atom. The average Bonchev–Trinajstić information content (AvgIpc) is 3.53. The summed E-state index contributed by atoms with van der Waals surface area (Å²) in [4.78, 5) is 0. The van der Waals surface area contributed by atoms with Gasteiger partial charge >= 0.3 is 193 Å². The van der Waals surface area contributed by atoms with Crippen molar-refractivity contribution in [2.24, 2.45) is 0 Å². The molecule has 2 aliphatic carbocycles. The van der Waals surface area contributed by atoms with Crippen LogP contribution in [-0.4, -0.2) is 0 Å². The van der Waals surface area contributed by atoms with E-state index in [2.05, 4.69) is 132 Å². The molecule has 6 rings (SSSR count). The Morgan fingerprint density at radius 2 is 1.06 bits per heavy atom. The van der Waals surface area contributed by atoms with Crippen LogP contribution < -0.4 is 6.64 Å². The molecule has 0 atom stereocenters. The van der Waals surface area contributed by atoms with Gasteiger partial charge < -0.3 is 0 Å². The number of allylic oxidation sites excluding steroid dienone is 4. The van der Waals surface area contributed by atoms with Crippen molar-refractivity contribution in [1.29, 1.82) is 0 Å². The van der Waals surface area contributed by atoms with Gasteiger partial charge in [0.25, 0.3) is 0 Å². The van der Waals surface area contributed by atoms with E-state index in [1.54, 1.807) is 9.97 Å². The molecular formula is C31H27Hf. The minimum absolute atomic E-state index is 0.385. The van der Waals surface area contributed by atoms with Crippen molar-refractivity contribution in [2.75, 3.05) is 0 Å². The second kappa shape index (κ2) is 7.39. The molecule has 2 aliphatic rings. The summed E-state index contributed by atoms with van der Waals surface area (Å²) in [5.41, 5.74) is 5.84. The number of benzene rings is 4. The molecule has 4 aromatic carbocycles. The predicted octanol–water partition coefficient (Wildman–Crippen LogP) is 6.99. The molecule has 0 aliphatic heterocycles. The van der Waals surface area contributed by atoms with E-state index in [1.807, 2.05) is 0 Å². The van der Waals surface area contributed by atoms with Crippen LogP contribution in [0, 0.1) is 0 Å². The van der Waals surface area contributed by atoms with Crippen LogP contribution in [0.1, 0.15) is 21.2 Å².